The summed E-state index contributed by atoms with van der Waals surface area (Å²) in [5, 5.41) is 3.42. The molecule has 6 heteroatoms. The van der Waals surface area contributed by atoms with E-state index in [2.05, 4.69) is 5.32 Å². The zero-order chi connectivity index (χ0) is 19.4. The van der Waals surface area contributed by atoms with Crippen LogP contribution in [0.25, 0.3) is 0 Å². The number of ether oxygens (including phenoxy) is 3. The second-order valence-corrected chi connectivity index (χ2v) is 7.30. The Labute approximate surface area is 164 Å². The van der Waals surface area contributed by atoms with Crippen LogP contribution < -0.4 is 19.5 Å². The first-order chi connectivity index (χ1) is 13.0. The number of para-hydroxylation sites is 1. The van der Waals surface area contributed by atoms with Crippen molar-refractivity contribution in [2.45, 2.75) is 26.3 Å². The third kappa shape index (κ3) is 4.48. The van der Waals surface area contributed by atoms with Gasteiger partial charge in [-0.05, 0) is 24.1 Å². The van der Waals surface area contributed by atoms with Crippen LogP contribution in [-0.4, -0.2) is 26.2 Å². The minimum absolute atomic E-state index is 0.107. The van der Waals surface area contributed by atoms with Crippen molar-refractivity contribution in [2.75, 3.05) is 20.3 Å². The Morgan fingerprint density at radius 3 is 2.85 bits per heavy atom. The lowest BCUT2D eigenvalue weighted by Crippen LogP contribution is -2.32. The Morgan fingerprint density at radius 1 is 1.33 bits per heavy atom. The number of rotatable bonds is 6. The number of hydrogen-bond donors (Lipinski definition) is 1. The Kier molecular flexibility index (Phi) is 6.11. The fraction of sp³-hybridized carbons (Fsp3) is 0.381. The van der Waals surface area contributed by atoms with Gasteiger partial charge >= 0.3 is 0 Å². The summed E-state index contributed by atoms with van der Waals surface area (Å²) >= 11 is 6.36. The number of carbonyl (C=O) groups is 1. The van der Waals surface area contributed by atoms with E-state index in [9.17, 15) is 4.79 Å². The molecular weight excluding hydrogens is 366 g/mol. The summed E-state index contributed by atoms with van der Waals surface area (Å²) in [5.74, 6) is 1.85. The summed E-state index contributed by atoms with van der Waals surface area (Å²) < 4.78 is 16.8. The van der Waals surface area contributed by atoms with Crippen LogP contribution >= 0.6 is 11.6 Å². The maximum atomic E-state index is 12.8. The predicted octanol–water partition coefficient (Wildman–Crippen LogP) is 4.64. The Hall–Kier alpha value is -2.40. The predicted molar refractivity (Wildman–Crippen MR) is 105 cm³/mol. The van der Waals surface area contributed by atoms with E-state index in [-0.39, 0.29) is 11.9 Å². The van der Waals surface area contributed by atoms with Crippen molar-refractivity contribution in [1.29, 1.82) is 0 Å². The molecule has 0 spiro atoms. The highest BCUT2D eigenvalue weighted by Gasteiger charge is 2.24. The van der Waals surface area contributed by atoms with Crippen molar-refractivity contribution < 1.29 is 19.0 Å². The van der Waals surface area contributed by atoms with Gasteiger partial charge in [-0.15, -0.1) is 0 Å². The summed E-state index contributed by atoms with van der Waals surface area (Å²) in [6, 6.07) is 10.9. The van der Waals surface area contributed by atoms with Crippen LogP contribution in [0.1, 0.15) is 42.2 Å². The quantitative estimate of drug-likeness (QED) is 0.782. The highest BCUT2D eigenvalue weighted by molar-refractivity contribution is 6.32. The van der Waals surface area contributed by atoms with E-state index in [1.807, 2.05) is 38.1 Å². The lowest BCUT2D eigenvalue weighted by atomic mass is 10.00. The monoisotopic (exact) mass is 389 g/mol. The zero-order valence-corrected chi connectivity index (χ0v) is 16.5. The number of methoxy groups -OCH3 is 1. The second kappa shape index (κ2) is 8.53. The number of nitrogens with one attached hydrogen (secondary N) is 1. The van der Waals surface area contributed by atoms with Crippen LogP contribution in [0.2, 0.25) is 5.02 Å². The summed E-state index contributed by atoms with van der Waals surface area (Å²) in [4.78, 5) is 12.8. The number of benzene rings is 2. The minimum atomic E-state index is -0.215. The summed E-state index contributed by atoms with van der Waals surface area (Å²) in [5.41, 5.74) is 1.41. The number of carbonyl (C=O) groups excluding carboxylic acids is 1. The molecule has 2 aromatic rings. The van der Waals surface area contributed by atoms with Crippen LogP contribution in [-0.2, 0) is 0 Å². The molecule has 1 aliphatic rings. The van der Waals surface area contributed by atoms with Crippen molar-refractivity contribution in [3.05, 3.63) is 52.5 Å². The molecule has 0 saturated heterocycles. The smallest absolute Gasteiger partial charge is 0.251 e. The van der Waals surface area contributed by atoms with E-state index in [4.69, 9.17) is 25.8 Å². The molecule has 1 heterocycles. The topological polar surface area (TPSA) is 56.8 Å². The van der Waals surface area contributed by atoms with E-state index in [1.54, 1.807) is 12.1 Å². The van der Waals surface area contributed by atoms with Gasteiger partial charge < -0.3 is 19.5 Å². The Morgan fingerprint density at radius 2 is 2.11 bits per heavy atom. The molecule has 1 amide bonds. The first-order valence-electron chi connectivity index (χ1n) is 9.02. The SMILES string of the molecule is COc1cc(C(=O)N[C@@H]2CCOc3ccccc32)cc(Cl)c1OCC(C)C. The molecule has 0 aromatic heterocycles. The molecule has 3 rings (SSSR count). The minimum Gasteiger partial charge on any atom is -0.493 e. The standard InChI is InChI=1S/C21H24ClNO4/c1-13(2)12-27-20-16(22)10-14(11-19(20)25-3)21(24)23-17-8-9-26-18-7-5-4-6-15(17)18/h4-7,10-11,13,17H,8-9,12H2,1-3H3,(H,23,24)/t17-/m1/s1. The van der Waals surface area contributed by atoms with Crippen molar-refractivity contribution in [2.24, 2.45) is 5.92 Å². The molecule has 5 nitrogen and oxygen atoms in total. The van der Waals surface area contributed by atoms with Crippen LogP contribution in [0, 0.1) is 5.92 Å². The highest BCUT2D eigenvalue weighted by atomic mass is 35.5. The largest absolute Gasteiger partial charge is 0.493 e. The van der Waals surface area contributed by atoms with Crippen LogP contribution in [0.15, 0.2) is 36.4 Å². The maximum absolute atomic E-state index is 12.8. The van der Waals surface area contributed by atoms with E-state index >= 15 is 0 Å². The number of hydrogen-bond acceptors (Lipinski definition) is 4. The van der Waals surface area contributed by atoms with E-state index in [1.165, 1.54) is 7.11 Å². The van der Waals surface area contributed by atoms with Crippen LogP contribution in [0.5, 0.6) is 17.2 Å². The third-order valence-corrected chi connectivity index (χ3v) is 4.60. The summed E-state index contributed by atoms with van der Waals surface area (Å²) in [7, 11) is 1.53. The molecule has 2 aromatic carbocycles. The zero-order valence-electron chi connectivity index (χ0n) is 15.8. The Bertz CT molecular complexity index is 822. The number of halogens is 1. The van der Waals surface area contributed by atoms with Gasteiger partial charge in [-0.2, -0.15) is 0 Å². The molecule has 144 valence electrons. The van der Waals surface area contributed by atoms with Gasteiger partial charge in [-0.1, -0.05) is 43.6 Å². The van der Waals surface area contributed by atoms with Gasteiger partial charge in [0.05, 0.1) is 31.4 Å². The maximum Gasteiger partial charge on any atom is 0.251 e. The van der Waals surface area contributed by atoms with Gasteiger partial charge in [0, 0.05) is 17.5 Å². The summed E-state index contributed by atoms with van der Waals surface area (Å²) in [6.45, 7) is 5.18. The van der Waals surface area contributed by atoms with Crippen molar-refractivity contribution in [1.82, 2.24) is 5.32 Å². The lowest BCUT2D eigenvalue weighted by Gasteiger charge is -2.26. The van der Waals surface area contributed by atoms with Crippen molar-refractivity contribution in [3.63, 3.8) is 0 Å². The van der Waals surface area contributed by atoms with Crippen LogP contribution in [0.3, 0.4) is 0 Å². The van der Waals surface area contributed by atoms with Gasteiger partial charge in [0.15, 0.2) is 11.5 Å². The molecule has 1 aliphatic heterocycles. The fourth-order valence-corrected chi connectivity index (χ4v) is 3.24. The molecule has 0 fully saturated rings. The Balaban J connectivity index is 1.80. The van der Waals surface area contributed by atoms with Gasteiger partial charge in [-0.3, -0.25) is 4.79 Å². The highest BCUT2D eigenvalue weighted by Crippen LogP contribution is 2.37. The first kappa shape index (κ1) is 19.4. The average Bonchev–Trinajstić information content (AvgIpc) is 2.66. The molecule has 0 unspecified atom stereocenters. The van der Waals surface area contributed by atoms with Crippen molar-refractivity contribution in [3.8, 4) is 17.2 Å². The molecule has 0 saturated carbocycles. The van der Waals surface area contributed by atoms with E-state index in [0.29, 0.717) is 47.6 Å². The molecule has 0 bridgehead atoms. The van der Waals surface area contributed by atoms with Gasteiger partial charge in [-0.25, -0.2) is 0 Å². The van der Waals surface area contributed by atoms with Gasteiger partial charge in [0.1, 0.15) is 5.75 Å². The fourth-order valence-electron chi connectivity index (χ4n) is 2.97. The number of amides is 1. The van der Waals surface area contributed by atoms with Crippen LogP contribution in [0.4, 0.5) is 0 Å². The molecule has 0 aliphatic carbocycles. The first-order valence-corrected chi connectivity index (χ1v) is 9.40. The molecule has 1 N–H and O–H groups in total. The lowest BCUT2D eigenvalue weighted by molar-refractivity contribution is 0.0924. The summed E-state index contributed by atoms with van der Waals surface area (Å²) in [6.07, 6.45) is 0.712. The number of fused-ring (bicyclic) bond motifs is 1. The molecule has 1 atom stereocenters. The molecule has 27 heavy (non-hydrogen) atoms. The van der Waals surface area contributed by atoms with E-state index < -0.39 is 0 Å². The molecular formula is C21H24ClNO4. The second-order valence-electron chi connectivity index (χ2n) is 6.90. The van der Waals surface area contributed by atoms with Gasteiger partial charge in [0.2, 0.25) is 0 Å². The average molecular weight is 390 g/mol. The molecule has 0 radical (unpaired) electrons. The van der Waals surface area contributed by atoms with Gasteiger partial charge in [0.25, 0.3) is 5.91 Å². The normalized spacial score (nSPS) is 15.7. The van der Waals surface area contributed by atoms with Crippen molar-refractivity contribution >= 4 is 17.5 Å². The third-order valence-electron chi connectivity index (χ3n) is 4.32. The van der Waals surface area contributed by atoms with E-state index in [0.717, 1.165) is 11.3 Å².